The summed E-state index contributed by atoms with van der Waals surface area (Å²) in [5.41, 5.74) is 1.15. The highest BCUT2D eigenvalue weighted by Crippen LogP contribution is 2.30. The summed E-state index contributed by atoms with van der Waals surface area (Å²) in [4.78, 5) is 6.49. The molecular formula is C13H20N2O2. The van der Waals surface area contributed by atoms with E-state index in [9.17, 15) is 0 Å². The summed E-state index contributed by atoms with van der Waals surface area (Å²) in [7, 11) is 1.63. The molecule has 1 aliphatic rings. The molecule has 1 aromatic rings. The number of pyridine rings is 1. The maximum Gasteiger partial charge on any atom is 0.214 e. The van der Waals surface area contributed by atoms with Crippen LogP contribution in [0.15, 0.2) is 18.3 Å². The molecule has 0 saturated heterocycles. The van der Waals surface area contributed by atoms with Crippen molar-refractivity contribution in [2.75, 3.05) is 25.2 Å². The molecule has 4 nitrogen and oxygen atoms in total. The summed E-state index contributed by atoms with van der Waals surface area (Å²) < 4.78 is 5.15. The average Bonchev–Trinajstić information content (AvgIpc) is 2.32. The van der Waals surface area contributed by atoms with E-state index in [4.69, 9.17) is 9.84 Å². The van der Waals surface area contributed by atoms with Crippen molar-refractivity contribution in [2.24, 2.45) is 0 Å². The van der Waals surface area contributed by atoms with Gasteiger partial charge in [-0.25, -0.2) is 4.98 Å². The summed E-state index contributed by atoms with van der Waals surface area (Å²) in [6.45, 7) is 1.14. The van der Waals surface area contributed by atoms with E-state index >= 15 is 0 Å². The van der Waals surface area contributed by atoms with E-state index in [1.54, 1.807) is 13.3 Å². The van der Waals surface area contributed by atoms with Gasteiger partial charge in [0.1, 0.15) is 0 Å². The van der Waals surface area contributed by atoms with Crippen LogP contribution < -0.4 is 9.64 Å². The molecule has 2 rings (SSSR count). The molecule has 0 aliphatic heterocycles. The molecule has 1 fully saturated rings. The lowest BCUT2D eigenvalue weighted by molar-refractivity contribution is 0.283. The summed E-state index contributed by atoms with van der Waals surface area (Å²) in [5.74, 6) is 0.649. The van der Waals surface area contributed by atoms with Crippen molar-refractivity contribution < 1.29 is 9.84 Å². The Labute approximate surface area is 102 Å². The Balaban J connectivity index is 2.11. The fraction of sp³-hybridized carbons (Fsp3) is 0.615. The zero-order chi connectivity index (χ0) is 12.1. The van der Waals surface area contributed by atoms with Gasteiger partial charge in [0.25, 0.3) is 0 Å². The highest BCUT2D eigenvalue weighted by Gasteiger charge is 2.25. The zero-order valence-corrected chi connectivity index (χ0v) is 10.3. The summed E-state index contributed by atoms with van der Waals surface area (Å²) in [5, 5.41) is 8.97. The lowest BCUT2D eigenvalue weighted by atomic mass is 9.91. The van der Waals surface area contributed by atoms with Gasteiger partial charge in [-0.3, -0.25) is 0 Å². The molecule has 1 heterocycles. The molecule has 0 unspecified atom stereocenters. The normalized spacial score (nSPS) is 15.4. The minimum Gasteiger partial charge on any atom is -0.481 e. The Bertz CT molecular complexity index is 353. The minimum atomic E-state index is 0.242. The van der Waals surface area contributed by atoms with Gasteiger partial charge in [-0.2, -0.15) is 0 Å². The van der Waals surface area contributed by atoms with E-state index < -0.39 is 0 Å². The minimum absolute atomic E-state index is 0.242. The van der Waals surface area contributed by atoms with Gasteiger partial charge in [0.15, 0.2) is 0 Å². The first kappa shape index (κ1) is 12.2. The lowest BCUT2D eigenvalue weighted by Gasteiger charge is -2.39. The Morgan fingerprint density at radius 1 is 1.53 bits per heavy atom. The third kappa shape index (κ3) is 2.88. The van der Waals surface area contributed by atoms with Crippen LogP contribution in [0.3, 0.4) is 0 Å². The van der Waals surface area contributed by atoms with Crippen molar-refractivity contribution >= 4 is 5.69 Å². The first-order valence-corrected chi connectivity index (χ1v) is 6.22. The first-order chi connectivity index (χ1) is 8.35. The van der Waals surface area contributed by atoms with Crippen LogP contribution in [0.5, 0.6) is 5.88 Å². The molecule has 0 bridgehead atoms. The highest BCUT2D eigenvalue weighted by molar-refractivity contribution is 5.49. The maximum atomic E-state index is 8.97. The topological polar surface area (TPSA) is 45.6 Å². The van der Waals surface area contributed by atoms with Gasteiger partial charge in [0, 0.05) is 37.1 Å². The van der Waals surface area contributed by atoms with Gasteiger partial charge in [-0.05, 0) is 31.7 Å². The predicted molar refractivity (Wildman–Crippen MR) is 67.5 cm³/mol. The third-order valence-corrected chi connectivity index (χ3v) is 3.33. The van der Waals surface area contributed by atoms with E-state index in [2.05, 4.69) is 9.88 Å². The number of anilines is 1. The molecule has 0 aromatic carbocycles. The second-order valence-corrected chi connectivity index (χ2v) is 4.41. The van der Waals surface area contributed by atoms with Gasteiger partial charge in [-0.1, -0.05) is 0 Å². The van der Waals surface area contributed by atoms with E-state index in [-0.39, 0.29) is 6.61 Å². The van der Waals surface area contributed by atoms with Crippen molar-refractivity contribution in [3.05, 3.63) is 18.3 Å². The number of ether oxygens (including phenoxy) is 1. The molecule has 1 N–H and O–H groups in total. The molecule has 1 saturated carbocycles. The standard InChI is InChI=1S/C13H20N2O2/c1-17-13-10-12(6-7-14-13)15(8-3-9-16)11-4-2-5-11/h6-7,10-11,16H,2-5,8-9H2,1H3. The molecule has 17 heavy (non-hydrogen) atoms. The summed E-state index contributed by atoms with van der Waals surface area (Å²) in [6.07, 6.45) is 6.38. The average molecular weight is 236 g/mol. The smallest absolute Gasteiger partial charge is 0.214 e. The van der Waals surface area contributed by atoms with Gasteiger partial charge in [0.2, 0.25) is 5.88 Å². The van der Waals surface area contributed by atoms with Gasteiger partial charge >= 0.3 is 0 Å². The largest absolute Gasteiger partial charge is 0.481 e. The Morgan fingerprint density at radius 2 is 2.35 bits per heavy atom. The van der Waals surface area contributed by atoms with Crippen LogP contribution in [0, 0.1) is 0 Å². The second-order valence-electron chi connectivity index (χ2n) is 4.41. The zero-order valence-electron chi connectivity index (χ0n) is 10.3. The molecule has 4 heteroatoms. The van der Waals surface area contributed by atoms with Crippen molar-refractivity contribution in [3.63, 3.8) is 0 Å². The van der Waals surface area contributed by atoms with Gasteiger partial charge < -0.3 is 14.7 Å². The second kappa shape index (κ2) is 5.87. The Morgan fingerprint density at radius 3 is 2.94 bits per heavy atom. The van der Waals surface area contributed by atoms with E-state index in [1.165, 1.54) is 19.3 Å². The van der Waals surface area contributed by atoms with Crippen LogP contribution in [0.1, 0.15) is 25.7 Å². The van der Waals surface area contributed by atoms with Crippen LogP contribution in [0.2, 0.25) is 0 Å². The quantitative estimate of drug-likeness (QED) is 0.818. The van der Waals surface area contributed by atoms with Crippen molar-refractivity contribution in [2.45, 2.75) is 31.7 Å². The van der Waals surface area contributed by atoms with Gasteiger partial charge in [0.05, 0.1) is 7.11 Å². The van der Waals surface area contributed by atoms with E-state index in [0.29, 0.717) is 11.9 Å². The Kier molecular flexibility index (Phi) is 4.20. The monoisotopic (exact) mass is 236 g/mol. The van der Waals surface area contributed by atoms with Crippen molar-refractivity contribution in [1.82, 2.24) is 4.98 Å². The molecule has 1 aromatic heterocycles. The summed E-state index contributed by atoms with van der Waals surface area (Å²) >= 11 is 0. The fourth-order valence-electron chi connectivity index (χ4n) is 2.15. The predicted octanol–water partition coefficient (Wildman–Crippen LogP) is 1.83. The molecule has 0 radical (unpaired) electrons. The number of aliphatic hydroxyl groups excluding tert-OH is 1. The van der Waals surface area contributed by atoms with Crippen LogP contribution in [-0.2, 0) is 0 Å². The number of rotatable bonds is 6. The number of aliphatic hydroxyl groups is 1. The molecular weight excluding hydrogens is 216 g/mol. The van der Waals surface area contributed by atoms with Gasteiger partial charge in [-0.15, -0.1) is 0 Å². The summed E-state index contributed by atoms with van der Waals surface area (Å²) in [6, 6.07) is 4.60. The molecule has 1 aliphatic carbocycles. The van der Waals surface area contributed by atoms with E-state index in [0.717, 1.165) is 18.7 Å². The van der Waals surface area contributed by atoms with Crippen LogP contribution in [0.4, 0.5) is 5.69 Å². The van der Waals surface area contributed by atoms with Crippen LogP contribution in [-0.4, -0.2) is 36.4 Å². The first-order valence-electron chi connectivity index (χ1n) is 6.22. The van der Waals surface area contributed by atoms with Crippen LogP contribution in [0.25, 0.3) is 0 Å². The maximum absolute atomic E-state index is 8.97. The Hall–Kier alpha value is -1.29. The number of hydrogen-bond donors (Lipinski definition) is 1. The SMILES string of the molecule is COc1cc(N(CCCO)C2CCC2)ccn1. The van der Waals surface area contributed by atoms with E-state index in [1.807, 2.05) is 12.1 Å². The fourth-order valence-corrected chi connectivity index (χ4v) is 2.15. The number of nitrogens with zero attached hydrogens (tertiary/aromatic N) is 2. The highest BCUT2D eigenvalue weighted by atomic mass is 16.5. The van der Waals surface area contributed by atoms with Crippen LogP contribution >= 0.6 is 0 Å². The number of hydrogen-bond acceptors (Lipinski definition) is 4. The molecule has 94 valence electrons. The van der Waals surface area contributed by atoms with Crippen molar-refractivity contribution in [1.29, 1.82) is 0 Å². The molecule has 0 atom stereocenters. The third-order valence-electron chi connectivity index (χ3n) is 3.33. The lowest BCUT2D eigenvalue weighted by Crippen LogP contribution is -2.41. The molecule has 0 amide bonds. The molecule has 0 spiro atoms. The van der Waals surface area contributed by atoms with Crippen molar-refractivity contribution in [3.8, 4) is 5.88 Å². The number of aromatic nitrogens is 1. The number of methoxy groups -OCH3 is 1.